The van der Waals surface area contributed by atoms with Crippen LogP contribution in [-0.4, -0.2) is 64.5 Å². The Kier molecular flexibility index (Phi) is 9.25. The number of carbonyl (C=O) groups is 2. The van der Waals surface area contributed by atoms with Crippen molar-refractivity contribution < 1.29 is 23.3 Å². The molecule has 1 N–H and O–H groups in total. The van der Waals surface area contributed by atoms with Gasteiger partial charge in [0, 0.05) is 42.4 Å². The maximum Gasteiger partial charge on any atom is 0.286 e. The summed E-state index contributed by atoms with van der Waals surface area (Å²) in [6.07, 6.45) is 15.1. The van der Waals surface area contributed by atoms with Gasteiger partial charge in [-0.15, -0.1) is 4.36 Å². The highest BCUT2D eigenvalue weighted by Crippen LogP contribution is 2.47. The SMILES string of the molecule is CO[C@H]1/C=C/C[C@H](C)C[S@@](=O)(NC(=O)c2cnn(C3CC3)c2)=NC(=O)c2ccc3c(c2)N(C[C@@H]2CC[C@H]21)C[C@@]1(CCCc2cc(Cl)ccc21)CO3. The first-order chi connectivity index (χ1) is 24.6. The van der Waals surface area contributed by atoms with E-state index in [0.29, 0.717) is 47.8 Å². The average Bonchev–Trinajstić information content (AvgIpc) is 3.85. The van der Waals surface area contributed by atoms with Gasteiger partial charge in [-0.2, -0.15) is 5.10 Å². The van der Waals surface area contributed by atoms with Crippen LogP contribution in [-0.2, 0) is 26.5 Å². The van der Waals surface area contributed by atoms with Gasteiger partial charge in [-0.05, 0) is 111 Å². The molecule has 0 unspecified atom stereocenters. The summed E-state index contributed by atoms with van der Waals surface area (Å²) in [6.45, 7) is 3.98. The van der Waals surface area contributed by atoms with Gasteiger partial charge in [0.25, 0.3) is 11.8 Å². The third kappa shape index (κ3) is 6.97. The van der Waals surface area contributed by atoms with Crippen LogP contribution in [0.25, 0.3) is 0 Å². The van der Waals surface area contributed by atoms with E-state index >= 15 is 0 Å². The summed E-state index contributed by atoms with van der Waals surface area (Å²) in [4.78, 5) is 29.8. The molecule has 2 aromatic carbocycles. The zero-order chi connectivity index (χ0) is 35.3. The monoisotopic (exact) mass is 731 g/mol. The second-order valence-corrected chi connectivity index (χ2v) is 17.8. The predicted molar refractivity (Wildman–Crippen MR) is 198 cm³/mol. The van der Waals surface area contributed by atoms with Crippen molar-refractivity contribution in [3.8, 4) is 5.75 Å². The number of amides is 2. The molecule has 2 saturated carbocycles. The molecular formula is C39H46ClN5O5S. The van der Waals surface area contributed by atoms with E-state index < -0.39 is 21.7 Å². The molecule has 51 heavy (non-hydrogen) atoms. The number of nitrogens with one attached hydrogen (secondary N) is 1. The Hall–Kier alpha value is -3.67. The number of hydrogen-bond donors (Lipinski definition) is 1. The minimum absolute atomic E-state index is 0.0153. The van der Waals surface area contributed by atoms with E-state index in [-0.39, 0.29) is 23.2 Å². The summed E-state index contributed by atoms with van der Waals surface area (Å²) < 4.78 is 36.0. The molecule has 1 spiro atoms. The number of carbonyl (C=O) groups excluding carboxylic acids is 2. The quantitative estimate of drug-likeness (QED) is 0.290. The summed E-state index contributed by atoms with van der Waals surface area (Å²) in [5.41, 5.74) is 3.71. The Morgan fingerprint density at radius 1 is 1.16 bits per heavy atom. The van der Waals surface area contributed by atoms with Crippen LogP contribution in [0, 0.1) is 17.8 Å². The van der Waals surface area contributed by atoms with Crippen LogP contribution in [0.2, 0.25) is 5.02 Å². The summed E-state index contributed by atoms with van der Waals surface area (Å²) >= 11 is 6.46. The Labute approximate surface area is 305 Å². The molecule has 270 valence electrons. The van der Waals surface area contributed by atoms with Crippen LogP contribution < -0.4 is 14.4 Å². The number of hydrogen-bond acceptors (Lipinski definition) is 7. The topological polar surface area (TPSA) is 115 Å². The smallest absolute Gasteiger partial charge is 0.286 e. The second-order valence-electron chi connectivity index (χ2n) is 15.3. The van der Waals surface area contributed by atoms with Crippen molar-refractivity contribution in [3.05, 3.63) is 88.2 Å². The van der Waals surface area contributed by atoms with E-state index in [1.54, 1.807) is 24.1 Å². The number of nitrogens with zero attached hydrogens (tertiary/aromatic N) is 4. The summed E-state index contributed by atoms with van der Waals surface area (Å²) in [5, 5.41) is 5.06. The number of methoxy groups -OCH3 is 1. The third-order valence-electron chi connectivity index (χ3n) is 11.6. The zero-order valence-corrected chi connectivity index (χ0v) is 30.8. The molecular weight excluding hydrogens is 686 g/mol. The number of aromatic nitrogens is 2. The van der Waals surface area contributed by atoms with Gasteiger partial charge in [-0.3, -0.25) is 19.0 Å². The van der Waals surface area contributed by atoms with Crippen LogP contribution in [0.15, 0.2) is 65.3 Å². The molecule has 1 aromatic heterocycles. The lowest BCUT2D eigenvalue weighted by Gasteiger charge is -2.46. The van der Waals surface area contributed by atoms with Crippen LogP contribution in [0.3, 0.4) is 0 Å². The van der Waals surface area contributed by atoms with Gasteiger partial charge in [-0.25, -0.2) is 4.21 Å². The first-order valence-electron chi connectivity index (χ1n) is 18.3. The van der Waals surface area contributed by atoms with E-state index in [0.717, 1.165) is 68.7 Å². The van der Waals surface area contributed by atoms with E-state index in [1.165, 1.54) is 17.3 Å². The van der Waals surface area contributed by atoms with Crippen molar-refractivity contribution in [3.63, 3.8) is 0 Å². The number of fused-ring (bicyclic) bond motifs is 4. The van der Waals surface area contributed by atoms with Crippen LogP contribution in [0.5, 0.6) is 5.75 Å². The van der Waals surface area contributed by atoms with Gasteiger partial charge in [0.05, 0.1) is 42.0 Å². The fraction of sp³-hybridized carbons (Fsp3) is 0.513. The Bertz CT molecular complexity index is 2000. The van der Waals surface area contributed by atoms with Gasteiger partial charge < -0.3 is 14.4 Å². The van der Waals surface area contributed by atoms with Gasteiger partial charge in [0.15, 0.2) is 0 Å². The molecule has 2 amide bonds. The summed E-state index contributed by atoms with van der Waals surface area (Å²) in [5.74, 6) is 0.129. The van der Waals surface area contributed by atoms with Gasteiger partial charge >= 0.3 is 0 Å². The summed E-state index contributed by atoms with van der Waals surface area (Å²) in [6, 6.07) is 11.9. The molecule has 3 aromatic rings. The fourth-order valence-electron chi connectivity index (χ4n) is 8.57. The average molecular weight is 732 g/mol. The first-order valence-corrected chi connectivity index (χ1v) is 20.3. The van der Waals surface area contributed by atoms with Crippen molar-refractivity contribution in [2.45, 2.75) is 75.9 Å². The third-order valence-corrected chi connectivity index (χ3v) is 13.8. The molecule has 2 fully saturated rings. The number of benzene rings is 2. The van der Waals surface area contributed by atoms with Crippen LogP contribution in [0.4, 0.5) is 5.69 Å². The molecule has 2 aliphatic heterocycles. The van der Waals surface area contributed by atoms with E-state index in [2.05, 4.69) is 43.4 Å². The maximum atomic E-state index is 14.6. The highest BCUT2D eigenvalue weighted by Gasteiger charge is 2.44. The Morgan fingerprint density at radius 3 is 2.80 bits per heavy atom. The van der Waals surface area contributed by atoms with E-state index in [9.17, 15) is 13.8 Å². The van der Waals surface area contributed by atoms with Gasteiger partial charge in [0.2, 0.25) is 0 Å². The number of ether oxygens (including phenoxy) is 2. The fourth-order valence-corrected chi connectivity index (χ4v) is 10.7. The zero-order valence-electron chi connectivity index (χ0n) is 29.3. The molecule has 10 nitrogen and oxygen atoms in total. The number of anilines is 1. The minimum Gasteiger partial charge on any atom is -0.490 e. The number of allylic oxidation sites excluding steroid dienone is 1. The standard InChI is InChI=1S/C39H46ClN5O5S/c1-25-5-3-7-35(49-2)32-13-8-28(32)20-44-23-39(16-4-6-26-17-30(40)10-14-33(26)39)24-50-36-15-9-27(18-34(36)44)37(46)42-51(48,22-25)43-38(47)29-19-41-45(21-29)31-11-12-31/h3,7,9-10,14-15,17-19,21,25,28,31-32,35H,4-6,8,11-13,16,20,22-24H2,1-2H3,(H,42,43,46,47,48)/b7-3+/t25-,28-,32+,35-,39-,51-/m0/s1. The highest BCUT2D eigenvalue weighted by atomic mass is 35.5. The molecule has 3 heterocycles. The lowest BCUT2D eigenvalue weighted by molar-refractivity contribution is 0.0131. The number of halogens is 1. The van der Waals surface area contributed by atoms with E-state index in [1.807, 2.05) is 25.1 Å². The van der Waals surface area contributed by atoms with Crippen LogP contribution in [0.1, 0.15) is 89.8 Å². The molecule has 12 heteroatoms. The molecule has 6 atom stereocenters. The van der Waals surface area contributed by atoms with Gasteiger partial charge in [-0.1, -0.05) is 36.7 Å². The largest absolute Gasteiger partial charge is 0.490 e. The van der Waals surface area contributed by atoms with Gasteiger partial charge in [0.1, 0.15) is 15.7 Å². The molecule has 5 aliphatic rings. The highest BCUT2D eigenvalue weighted by molar-refractivity contribution is 7.92. The normalized spacial score (nSPS) is 31.3. The van der Waals surface area contributed by atoms with Crippen molar-refractivity contribution >= 4 is 39.0 Å². The van der Waals surface area contributed by atoms with Crippen molar-refractivity contribution in [1.82, 2.24) is 14.5 Å². The van der Waals surface area contributed by atoms with Crippen molar-refractivity contribution in [2.24, 2.45) is 22.1 Å². The Morgan fingerprint density at radius 2 is 2.02 bits per heavy atom. The van der Waals surface area contributed by atoms with Crippen molar-refractivity contribution in [2.75, 3.05) is 37.5 Å². The first kappa shape index (κ1) is 34.4. The molecule has 0 saturated heterocycles. The predicted octanol–water partition coefficient (Wildman–Crippen LogP) is 6.93. The summed E-state index contributed by atoms with van der Waals surface area (Å²) in [7, 11) is -1.75. The second kappa shape index (κ2) is 13.7. The van der Waals surface area contributed by atoms with E-state index in [4.69, 9.17) is 21.1 Å². The minimum atomic E-state index is -3.52. The lowest BCUT2D eigenvalue weighted by atomic mass is 9.68. The Balaban J connectivity index is 1.18. The van der Waals surface area contributed by atoms with Crippen molar-refractivity contribution in [1.29, 1.82) is 0 Å². The lowest BCUT2D eigenvalue weighted by Crippen LogP contribution is -2.49. The molecule has 8 rings (SSSR count). The molecule has 0 radical (unpaired) electrons. The molecule has 3 aliphatic carbocycles. The maximum absolute atomic E-state index is 14.6. The van der Waals surface area contributed by atoms with Crippen LogP contribution >= 0.6 is 11.6 Å². The number of aryl methyl sites for hydroxylation is 1. The number of rotatable bonds is 4. The molecule has 2 bridgehead atoms.